The van der Waals surface area contributed by atoms with Gasteiger partial charge in [-0.05, 0) is 26.8 Å². The fraction of sp³-hybridized carbons (Fsp3) is 0.462. The molecule has 0 aliphatic carbocycles. The fourth-order valence-corrected chi connectivity index (χ4v) is 2.05. The summed E-state index contributed by atoms with van der Waals surface area (Å²) in [7, 11) is 1.82. The van der Waals surface area contributed by atoms with E-state index in [9.17, 15) is 4.79 Å². The molecule has 7 nitrogen and oxygen atoms in total. The van der Waals surface area contributed by atoms with Crippen molar-refractivity contribution in [2.45, 2.75) is 33.2 Å². The van der Waals surface area contributed by atoms with Gasteiger partial charge in [-0.15, -0.1) is 0 Å². The lowest BCUT2D eigenvalue weighted by atomic mass is 10.2. The second-order valence-electron chi connectivity index (χ2n) is 5.05. The number of hydrogen-bond acceptors (Lipinski definition) is 3. The Morgan fingerprint density at radius 3 is 2.80 bits per heavy atom. The maximum Gasteiger partial charge on any atom is 0.319 e. The van der Waals surface area contributed by atoms with Crippen LogP contribution in [0.5, 0.6) is 0 Å². The van der Waals surface area contributed by atoms with Crippen LogP contribution < -0.4 is 10.6 Å². The Hall–Kier alpha value is -2.31. The van der Waals surface area contributed by atoms with E-state index >= 15 is 0 Å². The molecular formula is C13H20N6O. The quantitative estimate of drug-likeness (QED) is 0.791. The third-order valence-electron chi connectivity index (χ3n) is 2.91. The normalized spacial score (nSPS) is 12.2. The zero-order valence-corrected chi connectivity index (χ0v) is 12.2. The summed E-state index contributed by atoms with van der Waals surface area (Å²) in [6.45, 7) is 5.75. The molecule has 2 amide bonds. The van der Waals surface area contributed by atoms with Crippen molar-refractivity contribution in [2.75, 3.05) is 5.32 Å². The highest BCUT2D eigenvalue weighted by atomic mass is 16.2. The molecule has 0 aliphatic rings. The number of urea groups is 1. The number of nitrogens with zero attached hydrogens (tertiary/aromatic N) is 3. The van der Waals surface area contributed by atoms with Crippen LogP contribution in [0.2, 0.25) is 0 Å². The fourth-order valence-electron chi connectivity index (χ4n) is 2.05. The van der Waals surface area contributed by atoms with Gasteiger partial charge in [-0.25, -0.2) is 4.79 Å². The van der Waals surface area contributed by atoms with Crippen molar-refractivity contribution in [3.05, 3.63) is 29.3 Å². The largest absolute Gasteiger partial charge is 0.335 e. The van der Waals surface area contributed by atoms with Gasteiger partial charge in [-0.2, -0.15) is 10.2 Å². The molecule has 2 heterocycles. The van der Waals surface area contributed by atoms with Crippen LogP contribution >= 0.6 is 0 Å². The SMILES string of the molecule is Cc1cc(CC(C)NC(=O)Nc2cn(C)nc2C)n[nH]1. The van der Waals surface area contributed by atoms with Gasteiger partial charge in [0.05, 0.1) is 17.1 Å². The van der Waals surface area contributed by atoms with E-state index in [2.05, 4.69) is 25.9 Å². The summed E-state index contributed by atoms with van der Waals surface area (Å²) < 4.78 is 1.67. The van der Waals surface area contributed by atoms with Crippen LogP contribution in [0.15, 0.2) is 12.3 Å². The van der Waals surface area contributed by atoms with Gasteiger partial charge in [0.15, 0.2) is 0 Å². The van der Waals surface area contributed by atoms with E-state index in [4.69, 9.17) is 0 Å². The summed E-state index contributed by atoms with van der Waals surface area (Å²) in [5, 5.41) is 16.9. The Bertz CT molecular complexity index is 600. The second-order valence-corrected chi connectivity index (χ2v) is 5.05. The monoisotopic (exact) mass is 276 g/mol. The first-order chi connectivity index (χ1) is 9.44. The number of nitrogens with one attached hydrogen (secondary N) is 3. The lowest BCUT2D eigenvalue weighted by molar-refractivity contribution is 0.249. The molecule has 0 radical (unpaired) electrons. The van der Waals surface area contributed by atoms with Crippen LogP contribution in [-0.2, 0) is 13.5 Å². The number of anilines is 1. The van der Waals surface area contributed by atoms with E-state index in [0.29, 0.717) is 12.1 Å². The molecule has 0 aliphatic heterocycles. The van der Waals surface area contributed by atoms with Crippen LogP contribution in [0.3, 0.4) is 0 Å². The molecular weight excluding hydrogens is 256 g/mol. The maximum atomic E-state index is 11.9. The van der Waals surface area contributed by atoms with E-state index in [1.807, 2.05) is 33.9 Å². The molecule has 0 saturated heterocycles. The van der Waals surface area contributed by atoms with Gasteiger partial charge in [0, 0.05) is 31.4 Å². The Labute approximate surface area is 117 Å². The number of H-pyrrole nitrogens is 1. The number of carbonyl (C=O) groups is 1. The third-order valence-corrected chi connectivity index (χ3v) is 2.91. The number of amides is 2. The molecule has 0 aromatic carbocycles. The van der Waals surface area contributed by atoms with Crippen LogP contribution in [0.1, 0.15) is 24.0 Å². The molecule has 7 heteroatoms. The molecule has 2 aromatic rings. The maximum absolute atomic E-state index is 11.9. The second kappa shape index (κ2) is 5.77. The predicted octanol–water partition coefficient (Wildman–Crippen LogP) is 1.51. The van der Waals surface area contributed by atoms with Crippen molar-refractivity contribution in [1.82, 2.24) is 25.3 Å². The molecule has 2 rings (SSSR count). The predicted molar refractivity (Wildman–Crippen MR) is 76.6 cm³/mol. The first-order valence-corrected chi connectivity index (χ1v) is 6.52. The van der Waals surface area contributed by atoms with E-state index in [1.165, 1.54) is 0 Å². The summed E-state index contributed by atoms with van der Waals surface area (Å²) in [4.78, 5) is 11.9. The lowest BCUT2D eigenvalue weighted by Crippen LogP contribution is -2.37. The van der Waals surface area contributed by atoms with Crippen LogP contribution in [-0.4, -0.2) is 32.1 Å². The Morgan fingerprint density at radius 1 is 1.50 bits per heavy atom. The lowest BCUT2D eigenvalue weighted by Gasteiger charge is -2.13. The Kier molecular flexibility index (Phi) is 4.07. The van der Waals surface area contributed by atoms with Crippen molar-refractivity contribution in [3.63, 3.8) is 0 Å². The highest BCUT2D eigenvalue weighted by Crippen LogP contribution is 2.11. The van der Waals surface area contributed by atoms with Crippen LogP contribution in [0.4, 0.5) is 10.5 Å². The number of rotatable bonds is 4. The summed E-state index contributed by atoms with van der Waals surface area (Å²) >= 11 is 0. The average molecular weight is 276 g/mol. The average Bonchev–Trinajstić information content (AvgIpc) is 2.85. The zero-order valence-electron chi connectivity index (χ0n) is 12.2. The number of carbonyl (C=O) groups excluding carboxylic acids is 1. The number of aromatic nitrogens is 4. The minimum atomic E-state index is -0.235. The molecule has 108 valence electrons. The Balaban J connectivity index is 1.86. The summed E-state index contributed by atoms with van der Waals surface area (Å²) in [6.07, 6.45) is 2.46. The van der Waals surface area contributed by atoms with Crippen molar-refractivity contribution in [1.29, 1.82) is 0 Å². The number of aromatic amines is 1. The molecule has 0 fully saturated rings. The van der Waals surface area contributed by atoms with Crippen molar-refractivity contribution < 1.29 is 4.79 Å². The summed E-state index contributed by atoms with van der Waals surface area (Å²) in [5.74, 6) is 0. The van der Waals surface area contributed by atoms with Gasteiger partial charge in [0.2, 0.25) is 0 Å². The molecule has 20 heavy (non-hydrogen) atoms. The summed E-state index contributed by atoms with van der Waals surface area (Å²) in [6, 6.07) is 1.73. The van der Waals surface area contributed by atoms with Gasteiger partial charge >= 0.3 is 6.03 Å². The molecule has 3 N–H and O–H groups in total. The van der Waals surface area contributed by atoms with Crippen molar-refractivity contribution in [3.8, 4) is 0 Å². The smallest absolute Gasteiger partial charge is 0.319 e. The Morgan fingerprint density at radius 2 is 2.25 bits per heavy atom. The van der Waals surface area contributed by atoms with E-state index in [1.54, 1.807) is 10.9 Å². The first kappa shape index (κ1) is 14.1. The minimum Gasteiger partial charge on any atom is -0.335 e. The molecule has 0 bridgehead atoms. The highest BCUT2D eigenvalue weighted by Gasteiger charge is 2.12. The van der Waals surface area contributed by atoms with E-state index in [-0.39, 0.29) is 12.1 Å². The van der Waals surface area contributed by atoms with Crippen LogP contribution in [0.25, 0.3) is 0 Å². The third kappa shape index (κ3) is 3.59. The zero-order chi connectivity index (χ0) is 14.7. The molecule has 1 atom stereocenters. The number of aryl methyl sites for hydroxylation is 3. The van der Waals surface area contributed by atoms with E-state index in [0.717, 1.165) is 17.1 Å². The van der Waals surface area contributed by atoms with Crippen molar-refractivity contribution in [2.24, 2.45) is 7.05 Å². The van der Waals surface area contributed by atoms with Gasteiger partial charge in [0.25, 0.3) is 0 Å². The standard InChI is InChI=1S/C13H20N6O/c1-8(5-11-6-9(2)16-17-11)14-13(20)15-12-7-19(4)18-10(12)3/h6-8H,5H2,1-4H3,(H,16,17)(H2,14,15,20). The van der Waals surface area contributed by atoms with Gasteiger partial charge in [-0.3, -0.25) is 9.78 Å². The summed E-state index contributed by atoms with van der Waals surface area (Å²) in [5.41, 5.74) is 3.46. The van der Waals surface area contributed by atoms with Gasteiger partial charge in [-0.1, -0.05) is 0 Å². The van der Waals surface area contributed by atoms with Crippen LogP contribution in [0, 0.1) is 13.8 Å². The van der Waals surface area contributed by atoms with Crippen molar-refractivity contribution >= 4 is 11.7 Å². The van der Waals surface area contributed by atoms with Gasteiger partial charge in [0.1, 0.15) is 0 Å². The number of hydrogen-bond donors (Lipinski definition) is 3. The molecule has 2 aromatic heterocycles. The molecule has 0 spiro atoms. The molecule has 1 unspecified atom stereocenters. The first-order valence-electron chi connectivity index (χ1n) is 6.52. The minimum absolute atomic E-state index is 0.00493. The van der Waals surface area contributed by atoms with Gasteiger partial charge < -0.3 is 10.6 Å². The molecule has 0 saturated carbocycles. The van der Waals surface area contributed by atoms with E-state index < -0.39 is 0 Å². The highest BCUT2D eigenvalue weighted by molar-refractivity contribution is 5.89. The topological polar surface area (TPSA) is 87.6 Å².